The Bertz CT molecular complexity index is 1690. The highest BCUT2D eigenvalue weighted by atomic mass is 16.5. The lowest BCUT2D eigenvalue weighted by atomic mass is 9.88. The van der Waals surface area contributed by atoms with Crippen molar-refractivity contribution in [3.63, 3.8) is 0 Å². The fourth-order valence-electron chi connectivity index (χ4n) is 6.69. The molecular formula is C35H36N2O6. The molecule has 0 radical (unpaired) electrons. The van der Waals surface area contributed by atoms with Crippen LogP contribution < -0.4 is 24.3 Å². The van der Waals surface area contributed by atoms with E-state index in [0.29, 0.717) is 40.9 Å². The third-order valence-corrected chi connectivity index (χ3v) is 9.00. The smallest absolute Gasteiger partial charge is 0.201 e. The second-order valence-electron chi connectivity index (χ2n) is 11.6. The maximum absolute atomic E-state index is 11.3. The topological polar surface area (TPSA) is 92.7 Å². The van der Waals surface area contributed by atoms with Crippen LogP contribution in [0.15, 0.2) is 60.7 Å². The Morgan fingerprint density at radius 2 is 1.58 bits per heavy atom. The Morgan fingerprint density at radius 3 is 2.37 bits per heavy atom. The van der Waals surface area contributed by atoms with E-state index in [1.165, 1.54) is 16.7 Å². The molecule has 8 rings (SSSR count). The van der Waals surface area contributed by atoms with Gasteiger partial charge in [0.05, 0.1) is 14.2 Å². The molecule has 0 spiro atoms. The van der Waals surface area contributed by atoms with E-state index < -0.39 is 0 Å². The molecule has 2 atom stereocenters. The summed E-state index contributed by atoms with van der Waals surface area (Å²) >= 11 is 0. The average Bonchev–Trinajstić information content (AvgIpc) is 3.01. The third-order valence-electron chi connectivity index (χ3n) is 9.00. The van der Waals surface area contributed by atoms with Gasteiger partial charge in [-0.2, -0.15) is 0 Å². The molecule has 4 aromatic carbocycles. The molecule has 4 aromatic rings. The van der Waals surface area contributed by atoms with Crippen molar-refractivity contribution in [3.05, 3.63) is 94.0 Å². The summed E-state index contributed by atoms with van der Waals surface area (Å²) in [4.78, 5) is 2.37. The summed E-state index contributed by atoms with van der Waals surface area (Å²) in [7, 11) is 5.35. The van der Waals surface area contributed by atoms with Crippen LogP contribution in [0.5, 0.6) is 46.0 Å². The fraction of sp³-hybridized carbons (Fsp3) is 0.314. The van der Waals surface area contributed by atoms with Crippen LogP contribution in [0.1, 0.15) is 45.5 Å². The van der Waals surface area contributed by atoms with E-state index in [-0.39, 0.29) is 23.6 Å². The van der Waals surface area contributed by atoms with E-state index in [9.17, 15) is 10.2 Å². The standard InChI is InChI=1S/C35H36N2O6/c1-37-13-11-22-17-30(40-2)31-19-25(22)27(37)15-20-4-7-24(8-5-20)42-35-33-23(18-32(41-3)34(35)39)10-12-36-26(33)14-21-6-9-28(38)29(16-21)43-31/h4-9,16-19,26-27,36,38-39H,10-15H2,1-3H3/t26-,27+/m1/s1. The van der Waals surface area contributed by atoms with Gasteiger partial charge in [0.2, 0.25) is 5.75 Å². The van der Waals surface area contributed by atoms with Gasteiger partial charge < -0.3 is 34.5 Å². The predicted molar refractivity (Wildman–Crippen MR) is 163 cm³/mol. The van der Waals surface area contributed by atoms with Crippen molar-refractivity contribution >= 4 is 0 Å². The van der Waals surface area contributed by atoms with E-state index in [1.54, 1.807) is 20.3 Å². The average molecular weight is 581 g/mol. The lowest BCUT2D eigenvalue weighted by Gasteiger charge is -2.35. The van der Waals surface area contributed by atoms with Gasteiger partial charge in [0.1, 0.15) is 5.75 Å². The molecule has 0 aromatic heterocycles. The molecule has 0 saturated heterocycles. The summed E-state index contributed by atoms with van der Waals surface area (Å²) in [6.07, 6.45) is 3.06. The number of benzene rings is 4. The SMILES string of the molecule is COc1cc2c3cc1Oc1cc(ccc1O)C[C@H]1NCCc4cc(OC)c(O)c(c41)Oc1ccc(cc1)C[C@@H]3N(C)CC2. The highest BCUT2D eigenvalue weighted by Gasteiger charge is 2.31. The summed E-state index contributed by atoms with van der Waals surface area (Å²) in [5.74, 6) is 3.02. The molecule has 8 heteroatoms. The highest BCUT2D eigenvalue weighted by Crippen LogP contribution is 2.48. The van der Waals surface area contributed by atoms with Gasteiger partial charge in [-0.3, -0.25) is 4.90 Å². The van der Waals surface area contributed by atoms with Crippen LogP contribution in [-0.4, -0.2) is 49.5 Å². The van der Waals surface area contributed by atoms with Crippen molar-refractivity contribution < 1.29 is 29.2 Å². The Labute approximate surface area is 251 Å². The number of methoxy groups -OCH3 is 2. The van der Waals surface area contributed by atoms with Crippen molar-refractivity contribution in [2.75, 3.05) is 34.4 Å². The van der Waals surface area contributed by atoms with Crippen molar-refractivity contribution in [1.82, 2.24) is 10.2 Å². The van der Waals surface area contributed by atoms with Crippen LogP contribution >= 0.6 is 0 Å². The Kier molecular flexibility index (Phi) is 7.03. The first kappa shape index (κ1) is 27.4. The van der Waals surface area contributed by atoms with Crippen LogP contribution in [0.25, 0.3) is 0 Å². The van der Waals surface area contributed by atoms with Crippen molar-refractivity contribution in [2.24, 2.45) is 0 Å². The molecule has 222 valence electrons. The fourth-order valence-corrected chi connectivity index (χ4v) is 6.69. The number of hydrogen-bond donors (Lipinski definition) is 3. The zero-order valence-corrected chi connectivity index (χ0v) is 24.6. The molecule has 0 saturated carbocycles. The van der Waals surface area contributed by atoms with Gasteiger partial charge in [-0.15, -0.1) is 0 Å². The number of phenolic OH excluding ortho intramolecular Hbond substituents is 2. The number of fused-ring (bicyclic) bond motifs is 2. The summed E-state index contributed by atoms with van der Waals surface area (Å²) in [6, 6.07) is 19.6. The Morgan fingerprint density at radius 1 is 0.814 bits per heavy atom. The van der Waals surface area contributed by atoms with E-state index in [0.717, 1.165) is 49.0 Å². The van der Waals surface area contributed by atoms with Crippen LogP contribution in [0.4, 0.5) is 0 Å². The van der Waals surface area contributed by atoms with Gasteiger partial charge in [-0.1, -0.05) is 18.2 Å². The molecule has 0 fully saturated rings. The number of nitrogens with one attached hydrogen (secondary N) is 1. The van der Waals surface area contributed by atoms with Crippen molar-refractivity contribution in [2.45, 2.75) is 37.8 Å². The van der Waals surface area contributed by atoms with E-state index in [1.807, 2.05) is 30.3 Å². The third kappa shape index (κ3) is 5.00. The number of phenols is 2. The number of ether oxygens (including phenoxy) is 4. The van der Waals surface area contributed by atoms with Crippen LogP contribution in [0.2, 0.25) is 0 Å². The first-order valence-corrected chi connectivity index (χ1v) is 14.8. The first-order valence-electron chi connectivity index (χ1n) is 14.8. The van der Waals surface area contributed by atoms with Crippen molar-refractivity contribution in [3.8, 4) is 46.0 Å². The van der Waals surface area contributed by atoms with Gasteiger partial charge in [0, 0.05) is 24.2 Å². The molecule has 3 N–H and O–H groups in total. The van der Waals surface area contributed by atoms with Crippen molar-refractivity contribution in [1.29, 1.82) is 0 Å². The molecule has 6 bridgehead atoms. The maximum atomic E-state index is 11.3. The number of likely N-dealkylation sites (N-methyl/N-ethyl adjacent to an activating group) is 1. The molecule has 0 amide bonds. The second kappa shape index (κ2) is 11.0. The maximum Gasteiger partial charge on any atom is 0.201 e. The number of aromatic hydroxyl groups is 2. The summed E-state index contributed by atoms with van der Waals surface area (Å²) in [5.41, 5.74) is 6.51. The monoisotopic (exact) mass is 580 g/mol. The van der Waals surface area contributed by atoms with E-state index in [2.05, 4.69) is 41.5 Å². The lowest BCUT2D eigenvalue weighted by molar-refractivity contribution is 0.228. The summed E-state index contributed by atoms with van der Waals surface area (Å²) < 4.78 is 24.2. The quantitative estimate of drug-likeness (QED) is 0.258. The largest absolute Gasteiger partial charge is 0.504 e. The lowest BCUT2D eigenvalue weighted by Crippen LogP contribution is -2.33. The van der Waals surface area contributed by atoms with E-state index >= 15 is 0 Å². The molecular weight excluding hydrogens is 544 g/mol. The predicted octanol–water partition coefficient (Wildman–Crippen LogP) is 6.21. The van der Waals surface area contributed by atoms with Gasteiger partial charge in [0.25, 0.3) is 0 Å². The Balaban J connectivity index is 1.40. The molecule has 0 unspecified atom stereocenters. The minimum atomic E-state index is -0.152. The van der Waals surface area contributed by atoms with Crippen LogP contribution in [-0.2, 0) is 25.7 Å². The second-order valence-corrected chi connectivity index (χ2v) is 11.6. The van der Waals surface area contributed by atoms with Crippen LogP contribution in [0, 0.1) is 0 Å². The number of hydrogen-bond acceptors (Lipinski definition) is 8. The van der Waals surface area contributed by atoms with Gasteiger partial charge in [-0.05, 0) is 110 Å². The zero-order chi connectivity index (χ0) is 29.7. The summed E-state index contributed by atoms with van der Waals surface area (Å²) in [6.45, 7) is 1.70. The molecule has 4 aliphatic rings. The van der Waals surface area contributed by atoms with Crippen LogP contribution in [0.3, 0.4) is 0 Å². The zero-order valence-electron chi connectivity index (χ0n) is 24.6. The highest BCUT2D eigenvalue weighted by molar-refractivity contribution is 5.62. The molecule has 0 aliphatic carbocycles. The van der Waals surface area contributed by atoms with Gasteiger partial charge in [0.15, 0.2) is 34.5 Å². The first-order chi connectivity index (χ1) is 20.9. The normalized spacial score (nSPS) is 19.3. The summed E-state index contributed by atoms with van der Waals surface area (Å²) in [5, 5.41) is 25.7. The molecule has 43 heavy (non-hydrogen) atoms. The molecule has 4 heterocycles. The molecule has 8 nitrogen and oxygen atoms in total. The molecule has 4 aliphatic heterocycles. The minimum absolute atomic E-state index is 0.0231. The minimum Gasteiger partial charge on any atom is -0.504 e. The van der Waals surface area contributed by atoms with Gasteiger partial charge in [-0.25, -0.2) is 0 Å². The van der Waals surface area contributed by atoms with E-state index in [4.69, 9.17) is 18.9 Å². The Hall–Kier alpha value is -4.40. The van der Waals surface area contributed by atoms with Gasteiger partial charge >= 0.3 is 0 Å². The number of rotatable bonds is 2. The number of nitrogens with zero attached hydrogens (tertiary/aromatic N) is 1.